The third kappa shape index (κ3) is 3.91. The molecule has 0 unspecified atom stereocenters. The zero-order valence-corrected chi connectivity index (χ0v) is 17.7. The zero-order chi connectivity index (χ0) is 21.1. The third-order valence-corrected chi connectivity index (χ3v) is 6.80. The van der Waals surface area contributed by atoms with Crippen molar-refractivity contribution in [3.63, 3.8) is 0 Å². The van der Waals surface area contributed by atoms with E-state index in [9.17, 15) is 8.42 Å². The normalized spacial score (nSPS) is 13.1. The van der Waals surface area contributed by atoms with Crippen molar-refractivity contribution in [2.45, 2.75) is 25.0 Å². The first kappa shape index (κ1) is 20.0. The van der Waals surface area contributed by atoms with Gasteiger partial charge >= 0.3 is 0 Å². The second kappa shape index (κ2) is 8.24. The van der Waals surface area contributed by atoms with Gasteiger partial charge in [0.2, 0.25) is 0 Å². The van der Waals surface area contributed by atoms with Crippen LogP contribution in [0.2, 0.25) is 0 Å². The van der Waals surface area contributed by atoms with Crippen molar-refractivity contribution >= 4 is 16.1 Å². The molecule has 0 aromatic heterocycles. The average molecular weight is 422 g/mol. The number of nitrogens with zero attached hydrogens (tertiary/aromatic N) is 1. The number of methoxy groups -OCH3 is 1. The van der Waals surface area contributed by atoms with Crippen LogP contribution in [0.1, 0.15) is 22.3 Å². The molecule has 0 N–H and O–H groups in total. The fraction of sp³-hybridized carbons (Fsp3) is 0.167. The lowest BCUT2D eigenvalue weighted by Crippen LogP contribution is -2.28. The number of benzene rings is 3. The summed E-state index contributed by atoms with van der Waals surface area (Å²) in [5.74, 6) is 1.14. The number of sulfonamides is 1. The quantitative estimate of drug-likeness (QED) is 0.576. The maximum absolute atomic E-state index is 13.2. The summed E-state index contributed by atoms with van der Waals surface area (Å²) in [6.07, 6.45) is 3.39. The Morgan fingerprint density at radius 3 is 2.40 bits per heavy atom. The van der Waals surface area contributed by atoms with E-state index in [4.69, 9.17) is 9.47 Å². The lowest BCUT2D eigenvalue weighted by molar-refractivity contribution is 0.279. The summed E-state index contributed by atoms with van der Waals surface area (Å²) in [4.78, 5) is 0.260. The minimum atomic E-state index is -3.67. The van der Waals surface area contributed by atoms with Gasteiger partial charge in [-0.25, -0.2) is 8.42 Å². The molecule has 0 spiro atoms. The summed E-state index contributed by atoms with van der Waals surface area (Å²) in [6.45, 7) is 2.46. The molecule has 0 fully saturated rings. The molecule has 3 aromatic carbocycles. The Morgan fingerprint density at radius 2 is 1.70 bits per heavy atom. The molecule has 1 heterocycles. The largest absolute Gasteiger partial charge is 0.493 e. The standard InChI is InChI=1S/C24H23NO4S/c1-18-8-11-21(12-9-18)30(26,27)25-15-14-20-10-13-23(28-2)24(22(20)16-25)29-17-19-6-4-3-5-7-19/h3-15H,16-17H2,1-2H3. The predicted molar refractivity (Wildman–Crippen MR) is 117 cm³/mol. The average Bonchev–Trinajstić information content (AvgIpc) is 2.78. The van der Waals surface area contributed by atoms with Crippen LogP contribution in [0.15, 0.2) is 77.8 Å². The fourth-order valence-electron chi connectivity index (χ4n) is 3.37. The Bertz CT molecular complexity index is 1170. The minimum Gasteiger partial charge on any atom is -0.493 e. The Morgan fingerprint density at radius 1 is 0.967 bits per heavy atom. The Labute approximate surface area is 177 Å². The molecule has 0 saturated heterocycles. The lowest BCUT2D eigenvalue weighted by atomic mass is 10.0. The molecule has 0 aliphatic carbocycles. The van der Waals surface area contributed by atoms with Crippen LogP contribution in [0.5, 0.6) is 11.5 Å². The summed E-state index contributed by atoms with van der Waals surface area (Å²) < 4.78 is 39.3. The van der Waals surface area contributed by atoms with Crippen LogP contribution in [0.3, 0.4) is 0 Å². The molecule has 0 radical (unpaired) electrons. The van der Waals surface area contributed by atoms with Crippen LogP contribution in [0.4, 0.5) is 0 Å². The number of fused-ring (bicyclic) bond motifs is 1. The van der Waals surface area contributed by atoms with Gasteiger partial charge in [0.25, 0.3) is 10.0 Å². The Hall–Kier alpha value is -3.25. The Kier molecular flexibility index (Phi) is 5.50. The van der Waals surface area contributed by atoms with Crippen molar-refractivity contribution < 1.29 is 17.9 Å². The number of ether oxygens (including phenoxy) is 2. The van der Waals surface area contributed by atoms with E-state index in [0.717, 1.165) is 22.3 Å². The fourth-order valence-corrected chi connectivity index (χ4v) is 4.64. The van der Waals surface area contributed by atoms with Gasteiger partial charge in [0, 0.05) is 11.8 Å². The second-order valence-corrected chi connectivity index (χ2v) is 9.01. The summed E-state index contributed by atoms with van der Waals surface area (Å²) in [5.41, 5.74) is 3.72. The maximum Gasteiger partial charge on any atom is 0.264 e. The first-order valence-electron chi connectivity index (χ1n) is 9.62. The van der Waals surface area contributed by atoms with Crippen molar-refractivity contribution in [2.75, 3.05) is 7.11 Å². The molecule has 3 aromatic rings. The van der Waals surface area contributed by atoms with E-state index in [1.54, 1.807) is 43.7 Å². The molecule has 0 atom stereocenters. The molecular weight excluding hydrogens is 398 g/mol. The van der Waals surface area contributed by atoms with Crippen molar-refractivity contribution in [3.8, 4) is 11.5 Å². The molecule has 1 aliphatic rings. The lowest BCUT2D eigenvalue weighted by Gasteiger charge is -2.27. The monoisotopic (exact) mass is 421 g/mol. The minimum absolute atomic E-state index is 0.170. The predicted octanol–water partition coefficient (Wildman–Crippen LogP) is 4.76. The molecule has 0 saturated carbocycles. The molecule has 6 heteroatoms. The number of rotatable bonds is 6. The van der Waals surface area contributed by atoms with Crippen LogP contribution in [0.25, 0.3) is 6.08 Å². The number of hydrogen-bond donors (Lipinski definition) is 0. The van der Waals surface area contributed by atoms with Gasteiger partial charge in [-0.15, -0.1) is 0 Å². The maximum atomic E-state index is 13.2. The summed E-state index contributed by atoms with van der Waals surface area (Å²) in [5, 5.41) is 0. The number of hydrogen-bond acceptors (Lipinski definition) is 4. The van der Waals surface area contributed by atoms with Crippen LogP contribution in [-0.2, 0) is 23.2 Å². The molecule has 0 bridgehead atoms. The van der Waals surface area contributed by atoms with E-state index in [2.05, 4.69) is 0 Å². The SMILES string of the molecule is COc1ccc2c(c1OCc1ccccc1)CN(S(=O)(=O)c1ccc(C)cc1)C=C2. The van der Waals surface area contributed by atoms with Gasteiger partial charge in [0.1, 0.15) is 6.61 Å². The third-order valence-electron chi connectivity index (χ3n) is 5.07. The zero-order valence-electron chi connectivity index (χ0n) is 16.9. The highest BCUT2D eigenvalue weighted by Crippen LogP contribution is 2.38. The summed E-state index contributed by atoms with van der Waals surface area (Å²) >= 11 is 0. The van der Waals surface area contributed by atoms with Crippen molar-refractivity contribution in [1.82, 2.24) is 4.31 Å². The second-order valence-electron chi connectivity index (χ2n) is 7.12. The molecule has 0 amide bonds. The van der Waals surface area contributed by atoms with Gasteiger partial charge in [-0.2, -0.15) is 0 Å². The highest BCUT2D eigenvalue weighted by Gasteiger charge is 2.27. The highest BCUT2D eigenvalue weighted by molar-refractivity contribution is 7.89. The topological polar surface area (TPSA) is 55.8 Å². The van der Waals surface area contributed by atoms with Crippen LogP contribution in [-0.4, -0.2) is 19.8 Å². The summed E-state index contributed by atoms with van der Waals surface area (Å²) in [7, 11) is -2.09. The van der Waals surface area contributed by atoms with Crippen molar-refractivity contribution in [3.05, 3.63) is 95.2 Å². The van der Waals surface area contributed by atoms with E-state index in [-0.39, 0.29) is 11.4 Å². The van der Waals surface area contributed by atoms with E-state index in [1.807, 2.05) is 49.4 Å². The van der Waals surface area contributed by atoms with Gasteiger partial charge in [-0.1, -0.05) is 54.1 Å². The van der Waals surface area contributed by atoms with Crippen molar-refractivity contribution in [1.29, 1.82) is 0 Å². The number of aryl methyl sites for hydroxylation is 1. The first-order chi connectivity index (χ1) is 14.5. The smallest absolute Gasteiger partial charge is 0.264 e. The highest BCUT2D eigenvalue weighted by atomic mass is 32.2. The first-order valence-corrected chi connectivity index (χ1v) is 11.1. The van der Waals surface area contributed by atoms with E-state index in [0.29, 0.717) is 18.1 Å². The molecule has 30 heavy (non-hydrogen) atoms. The van der Waals surface area contributed by atoms with Gasteiger partial charge in [0.05, 0.1) is 18.6 Å². The van der Waals surface area contributed by atoms with Crippen LogP contribution >= 0.6 is 0 Å². The van der Waals surface area contributed by atoms with Gasteiger partial charge in [-0.05, 0) is 42.3 Å². The van der Waals surface area contributed by atoms with Crippen LogP contribution in [0, 0.1) is 6.92 Å². The van der Waals surface area contributed by atoms with Crippen LogP contribution < -0.4 is 9.47 Å². The Balaban J connectivity index is 1.67. The molecule has 4 rings (SSSR count). The van der Waals surface area contributed by atoms with Crippen molar-refractivity contribution in [2.24, 2.45) is 0 Å². The van der Waals surface area contributed by atoms with E-state index in [1.165, 1.54) is 4.31 Å². The summed E-state index contributed by atoms with van der Waals surface area (Å²) in [6, 6.07) is 20.4. The molecule has 154 valence electrons. The molecule has 1 aliphatic heterocycles. The van der Waals surface area contributed by atoms with Gasteiger partial charge in [-0.3, -0.25) is 4.31 Å². The van der Waals surface area contributed by atoms with E-state index >= 15 is 0 Å². The van der Waals surface area contributed by atoms with E-state index < -0.39 is 10.0 Å². The van der Waals surface area contributed by atoms with Gasteiger partial charge in [0.15, 0.2) is 11.5 Å². The molecule has 5 nitrogen and oxygen atoms in total. The molecular formula is C24H23NO4S. The van der Waals surface area contributed by atoms with Gasteiger partial charge < -0.3 is 9.47 Å².